The van der Waals surface area contributed by atoms with E-state index in [0.717, 1.165) is 35.0 Å². The Morgan fingerprint density at radius 1 is 1.03 bits per heavy atom. The van der Waals surface area contributed by atoms with Crippen molar-refractivity contribution < 1.29 is 14.3 Å². The fourth-order valence-corrected chi connectivity index (χ4v) is 4.53. The van der Waals surface area contributed by atoms with E-state index in [-0.39, 0.29) is 23.8 Å². The molecule has 34 heavy (non-hydrogen) atoms. The van der Waals surface area contributed by atoms with Gasteiger partial charge in [-0.2, -0.15) is 5.10 Å². The van der Waals surface area contributed by atoms with Crippen molar-refractivity contribution in [2.75, 3.05) is 12.0 Å². The number of nitrogens with one attached hydrogen (secondary N) is 2. The summed E-state index contributed by atoms with van der Waals surface area (Å²) in [5.74, 6) is 1.27. The number of carbonyl (C=O) groups excluding carboxylic acids is 2. The van der Waals surface area contributed by atoms with Crippen molar-refractivity contribution in [1.29, 1.82) is 0 Å². The third kappa shape index (κ3) is 4.12. The zero-order valence-corrected chi connectivity index (χ0v) is 19.1. The number of anilines is 2. The Labute approximate surface area is 197 Å². The number of benzene rings is 3. The van der Waals surface area contributed by atoms with Crippen molar-refractivity contribution in [1.82, 2.24) is 15.5 Å². The van der Waals surface area contributed by atoms with Crippen LogP contribution in [-0.4, -0.2) is 35.2 Å². The van der Waals surface area contributed by atoms with E-state index in [9.17, 15) is 9.59 Å². The lowest BCUT2D eigenvalue weighted by Gasteiger charge is -2.35. The third-order valence-corrected chi connectivity index (χ3v) is 6.38. The quantitative estimate of drug-likeness (QED) is 0.432. The van der Waals surface area contributed by atoms with Gasteiger partial charge in [0, 0.05) is 41.6 Å². The first-order chi connectivity index (χ1) is 16.5. The first-order valence-corrected chi connectivity index (χ1v) is 11.3. The Morgan fingerprint density at radius 3 is 2.59 bits per heavy atom. The monoisotopic (exact) mass is 454 g/mol. The van der Waals surface area contributed by atoms with Gasteiger partial charge in [0.15, 0.2) is 5.82 Å². The van der Waals surface area contributed by atoms with Crippen LogP contribution in [0, 0.1) is 0 Å². The number of aromatic amines is 1. The van der Waals surface area contributed by atoms with Crippen LogP contribution in [0.4, 0.5) is 11.5 Å². The molecule has 1 aliphatic carbocycles. The van der Waals surface area contributed by atoms with E-state index in [1.54, 1.807) is 37.1 Å². The molecule has 0 atom stereocenters. The topological polar surface area (TPSA) is 87.3 Å². The van der Waals surface area contributed by atoms with Gasteiger partial charge < -0.3 is 10.1 Å². The van der Waals surface area contributed by atoms with Crippen molar-refractivity contribution in [2.45, 2.75) is 31.7 Å². The summed E-state index contributed by atoms with van der Waals surface area (Å²) in [6.07, 6.45) is 1.62. The number of hydrogen-bond acceptors (Lipinski definition) is 4. The normalized spacial score (nSPS) is 17.1. The average Bonchev–Trinajstić information content (AvgIpc) is 3.30. The molecule has 172 valence electrons. The molecule has 7 nitrogen and oxygen atoms in total. The van der Waals surface area contributed by atoms with Gasteiger partial charge in [-0.05, 0) is 42.5 Å². The molecule has 0 saturated heterocycles. The molecule has 1 heterocycles. The molecular weight excluding hydrogens is 428 g/mol. The maximum Gasteiger partial charge on any atom is 0.251 e. The zero-order chi connectivity index (χ0) is 23.7. The molecule has 3 aromatic carbocycles. The highest BCUT2D eigenvalue weighted by Gasteiger charge is 2.33. The van der Waals surface area contributed by atoms with Crippen LogP contribution >= 0.6 is 0 Å². The van der Waals surface area contributed by atoms with Gasteiger partial charge >= 0.3 is 0 Å². The highest BCUT2D eigenvalue weighted by molar-refractivity contribution is 6.07. The minimum atomic E-state index is -0.105. The number of methoxy groups -OCH3 is 1. The average molecular weight is 455 g/mol. The van der Waals surface area contributed by atoms with Crippen LogP contribution in [-0.2, 0) is 4.79 Å². The molecule has 0 radical (unpaired) electrons. The summed E-state index contributed by atoms with van der Waals surface area (Å²) in [6.45, 7) is 1.55. The Balaban J connectivity index is 1.28. The van der Waals surface area contributed by atoms with Gasteiger partial charge in [0.2, 0.25) is 5.91 Å². The fourth-order valence-electron chi connectivity index (χ4n) is 4.53. The van der Waals surface area contributed by atoms with E-state index in [1.807, 2.05) is 54.6 Å². The van der Waals surface area contributed by atoms with Gasteiger partial charge in [0.25, 0.3) is 5.91 Å². The number of hydrogen-bond donors (Lipinski definition) is 2. The van der Waals surface area contributed by atoms with Crippen LogP contribution in [0.5, 0.6) is 5.75 Å². The summed E-state index contributed by atoms with van der Waals surface area (Å²) in [6, 6.07) is 23.1. The molecule has 4 aromatic rings. The highest BCUT2D eigenvalue weighted by Crippen LogP contribution is 2.39. The number of fused-ring (bicyclic) bond motifs is 1. The van der Waals surface area contributed by atoms with E-state index in [0.29, 0.717) is 17.1 Å². The molecule has 7 heteroatoms. The van der Waals surface area contributed by atoms with Gasteiger partial charge in [-0.3, -0.25) is 19.6 Å². The van der Waals surface area contributed by atoms with E-state index < -0.39 is 0 Å². The molecule has 2 amide bonds. The lowest BCUT2D eigenvalue weighted by atomic mass is 9.78. The lowest BCUT2D eigenvalue weighted by Crippen LogP contribution is -2.43. The standard InChI is InChI=1S/C27H26N4O3/c1-17(32)31(25-12-6-8-18-7-3-4-11-23(18)25)26-16-24(29-30-26)20-13-21(14-20)28-27(33)19-9-5-10-22(15-19)34-2/h3-12,15-16,20-21H,13-14H2,1-2H3,(H,28,33)(H,29,30). The predicted octanol–water partition coefficient (Wildman–Crippen LogP) is 4.93. The van der Waals surface area contributed by atoms with Crippen LogP contribution in [0.15, 0.2) is 72.8 Å². The van der Waals surface area contributed by atoms with Crippen molar-refractivity contribution in [3.8, 4) is 5.75 Å². The number of amides is 2. The van der Waals surface area contributed by atoms with E-state index >= 15 is 0 Å². The summed E-state index contributed by atoms with van der Waals surface area (Å²) < 4.78 is 5.20. The zero-order valence-electron chi connectivity index (χ0n) is 19.1. The Morgan fingerprint density at radius 2 is 1.79 bits per heavy atom. The summed E-state index contributed by atoms with van der Waals surface area (Å²) >= 11 is 0. The molecule has 5 rings (SSSR count). The van der Waals surface area contributed by atoms with Crippen LogP contribution in [0.25, 0.3) is 10.8 Å². The number of nitrogens with zero attached hydrogens (tertiary/aromatic N) is 2. The highest BCUT2D eigenvalue weighted by atomic mass is 16.5. The number of carbonyl (C=O) groups is 2. The second-order valence-electron chi connectivity index (χ2n) is 8.60. The molecular formula is C27H26N4O3. The van der Waals surface area contributed by atoms with Crippen LogP contribution in [0.2, 0.25) is 0 Å². The van der Waals surface area contributed by atoms with E-state index in [2.05, 4.69) is 15.5 Å². The summed E-state index contributed by atoms with van der Waals surface area (Å²) in [4.78, 5) is 26.8. The van der Waals surface area contributed by atoms with Gasteiger partial charge in [0.05, 0.1) is 12.8 Å². The fraction of sp³-hybridized carbons (Fsp3) is 0.222. The van der Waals surface area contributed by atoms with Gasteiger partial charge in [0.1, 0.15) is 5.75 Å². The van der Waals surface area contributed by atoms with Crippen molar-refractivity contribution in [3.05, 3.63) is 84.1 Å². The molecule has 0 bridgehead atoms. The first-order valence-electron chi connectivity index (χ1n) is 11.3. The van der Waals surface area contributed by atoms with E-state index in [4.69, 9.17) is 4.74 Å². The molecule has 1 aromatic heterocycles. The lowest BCUT2D eigenvalue weighted by molar-refractivity contribution is -0.115. The van der Waals surface area contributed by atoms with Gasteiger partial charge in [-0.25, -0.2) is 0 Å². The number of H-pyrrole nitrogens is 1. The molecule has 2 N–H and O–H groups in total. The summed E-state index contributed by atoms with van der Waals surface area (Å²) in [5, 5.41) is 12.7. The van der Waals surface area contributed by atoms with Crippen LogP contribution < -0.4 is 15.0 Å². The van der Waals surface area contributed by atoms with Gasteiger partial charge in [-0.15, -0.1) is 0 Å². The SMILES string of the molecule is COc1cccc(C(=O)NC2CC(c3cc(N(C(C)=O)c4cccc5ccccc45)n[nH]3)C2)c1. The summed E-state index contributed by atoms with van der Waals surface area (Å²) in [7, 11) is 1.58. The van der Waals surface area contributed by atoms with Crippen molar-refractivity contribution in [3.63, 3.8) is 0 Å². The maximum absolute atomic E-state index is 12.6. The van der Waals surface area contributed by atoms with Crippen molar-refractivity contribution in [2.24, 2.45) is 0 Å². The molecule has 1 saturated carbocycles. The molecule has 1 aliphatic rings. The Hall–Kier alpha value is -4.13. The second kappa shape index (κ2) is 9.02. The predicted molar refractivity (Wildman–Crippen MR) is 132 cm³/mol. The molecule has 1 fully saturated rings. The smallest absolute Gasteiger partial charge is 0.251 e. The van der Waals surface area contributed by atoms with Crippen LogP contribution in [0.1, 0.15) is 41.7 Å². The molecule has 0 unspecified atom stereocenters. The number of aromatic nitrogens is 2. The van der Waals surface area contributed by atoms with E-state index in [1.165, 1.54) is 0 Å². The number of rotatable bonds is 6. The second-order valence-corrected chi connectivity index (χ2v) is 8.60. The Bertz CT molecular complexity index is 1350. The largest absolute Gasteiger partial charge is 0.497 e. The molecule has 0 spiro atoms. The molecule has 0 aliphatic heterocycles. The minimum Gasteiger partial charge on any atom is -0.497 e. The summed E-state index contributed by atoms with van der Waals surface area (Å²) in [5.41, 5.74) is 2.35. The van der Waals surface area contributed by atoms with Crippen molar-refractivity contribution >= 4 is 34.1 Å². The van der Waals surface area contributed by atoms with Gasteiger partial charge in [-0.1, -0.05) is 42.5 Å². The first kappa shape index (κ1) is 21.7. The van der Waals surface area contributed by atoms with Crippen LogP contribution in [0.3, 0.4) is 0 Å². The Kier molecular flexibility index (Phi) is 5.76. The third-order valence-electron chi connectivity index (χ3n) is 6.38. The maximum atomic E-state index is 12.6. The minimum absolute atomic E-state index is 0.0948. The number of ether oxygens (including phenoxy) is 1.